The van der Waals surface area contributed by atoms with Gasteiger partial charge in [0.25, 0.3) is 0 Å². The van der Waals surface area contributed by atoms with Crippen molar-refractivity contribution in [3.8, 4) is 11.4 Å². The van der Waals surface area contributed by atoms with Crippen molar-refractivity contribution in [1.29, 1.82) is 0 Å². The number of halogens is 1. The molecule has 3 nitrogen and oxygen atoms in total. The van der Waals surface area contributed by atoms with E-state index >= 15 is 0 Å². The molecular weight excluding hydrogens is 234 g/mol. The topological polar surface area (TPSA) is 51.8 Å². The fraction of sp³-hybridized carbons (Fsp3) is 0.231. The lowest BCUT2D eigenvalue weighted by atomic mass is 10.1. The highest BCUT2D eigenvalue weighted by Crippen LogP contribution is 2.19. The number of aryl methyl sites for hydroxylation is 2. The predicted octanol–water partition coefficient (Wildman–Crippen LogP) is 2.64. The first-order valence-electron chi connectivity index (χ1n) is 5.31. The van der Waals surface area contributed by atoms with E-state index in [2.05, 4.69) is 23.0 Å². The molecule has 0 amide bonds. The molecule has 0 aliphatic rings. The van der Waals surface area contributed by atoms with Crippen LogP contribution >= 0.6 is 12.4 Å². The van der Waals surface area contributed by atoms with Gasteiger partial charge in [0.1, 0.15) is 0 Å². The maximum atomic E-state index is 5.61. The molecule has 0 saturated heterocycles. The highest BCUT2D eigenvalue weighted by atomic mass is 35.5. The highest BCUT2D eigenvalue weighted by Gasteiger charge is 2.06. The first-order valence-corrected chi connectivity index (χ1v) is 5.31. The molecule has 1 aromatic heterocycles. The Labute approximate surface area is 108 Å². The maximum Gasteiger partial charge on any atom is 0.159 e. The Morgan fingerprint density at radius 3 is 2.47 bits per heavy atom. The largest absolute Gasteiger partial charge is 0.325 e. The molecule has 0 aliphatic carbocycles. The van der Waals surface area contributed by atoms with Gasteiger partial charge in [0, 0.05) is 17.8 Å². The van der Waals surface area contributed by atoms with E-state index < -0.39 is 0 Å². The number of hydrogen-bond donors (Lipinski definition) is 1. The van der Waals surface area contributed by atoms with Crippen molar-refractivity contribution < 1.29 is 0 Å². The molecule has 0 unspecified atom stereocenters. The predicted molar refractivity (Wildman–Crippen MR) is 72.1 cm³/mol. The van der Waals surface area contributed by atoms with Crippen LogP contribution in [0, 0.1) is 13.8 Å². The third kappa shape index (κ3) is 3.02. The quantitative estimate of drug-likeness (QED) is 0.890. The lowest BCUT2D eigenvalue weighted by molar-refractivity contribution is 0.952. The van der Waals surface area contributed by atoms with Crippen LogP contribution in [0.4, 0.5) is 0 Å². The van der Waals surface area contributed by atoms with E-state index in [1.807, 2.05) is 31.2 Å². The molecule has 0 bridgehead atoms. The van der Waals surface area contributed by atoms with Crippen LogP contribution in [0.1, 0.15) is 17.0 Å². The Bertz CT molecular complexity index is 512. The standard InChI is InChI=1S/C13H15N3.ClH/c1-9-5-3-4-6-12(9)13-15-10(2)7-11(8-14)16-13;/h3-7H,8,14H2,1-2H3;1H. The van der Waals surface area contributed by atoms with Gasteiger partial charge in [0.2, 0.25) is 0 Å². The molecule has 0 spiro atoms. The van der Waals surface area contributed by atoms with Crippen molar-refractivity contribution in [3.05, 3.63) is 47.3 Å². The van der Waals surface area contributed by atoms with Crippen LogP contribution in [0.25, 0.3) is 11.4 Å². The number of nitrogens with zero attached hydrogens (tertiary/aromatic N) is 2. The van der Waals surface area contributed by atoms with Gasteiger partial charge in [-0.05, 0) is 25.5 Å². The molecule has 1 aromatic carbocycles. The van der Waals surface area contributed by atoms with Crippen LogP contribution in [-0.2, 0) is 6.54 Å². The van der Waals surface area contributed by atoms with Crippen LogP contribution in [0.15, 0.2) is 30.3 Å². The number of rotatable bonds is 2. The summed E-state index contributed by atoms with van der Waals surface area (Å²) in [7, 11) is 0. The van der Waals surface area contributed by atoms with E-state index in [-0.39, 0.29) is 12.4 Å². The second-order valence-electron chi connectivity index (χ2n) is 3.84. The van der Waals surface area contributed by atoms with Gasteiger partial charge in [0.05, 0.1) is 5.69 Å². The molecule has 0 aliphatic heterocycles. The van der Waals surface area contributed by atoms with Crippen LogP contribution < -0.4 is 5.73 Å². The fourth-order valence-electron chi connectivity index (χ4n) is 1.68. The second kappa shape index (κ2) is 5.75. The Hall–Kier alpha value is -1.45. The first kappa shape index (κ1) is 13.6. The van der Waals surface area contributed by atoms with Gasteiger partial charge in [-0.1, -0.05) is 24.3 Å². The molecule has 1 heterocycles. The van der Waals surface area contributed by atoms with Gasteiger partial charge in [-0.2, -0.15) is 0 Å². The number of nitrogens with two attached hydrogens (primary N) is 1. The fourth-order valence-corrected chi connectivity index (χ4v) is 1.68. The summed E-state index contributed by atoms with van der Waals surface area (Å²) >= 11 is 0. The van der Waals surface area contributed by atoms with Crippen molar-refractivity contribution in [3.63, 3.8) is 0 Å². The highest BCUT2D eigenvalue weighted by molar-refractivity contribution is 5.85. The van der Waals surface area contributed by atoms with Crippen molar-refractivity contribution in [2.24, 2.45) is 5.73 Å². The van der Waals surface area contributed by atoms with Crippen molar-refractivity contribution in [1.82, 2.24) is 9.97 Å². The minimum absolute atomic E-state index is 0. The van der Waals surface area contributed by atoms with Gasteiger partial charge in [-0.25, -0.2) is 9.97 Å². The second-order valence-corrected chi connectivity index (χ2v) is 3.84. The third-order valence-corrected chi connectivity index (χ3v) is 2.50. The smallest absolute Gasteiger partial charge is 0.159 e. The summed E-state index contributed by atoms with van der Waals surface area (Å²) in [4.78, 5) is 8.89. The van der Waals surface area contributed by atoms with Crippen molar-refractivity contribution in [2.45, 2.75) is 20.4 Å². The van der Waals surface area contributed by atoms with Crippen LogP contribution in [0.5, 0.6) is 0 Å². The summed E-state index contributed by atoms with van der Waals surface area (Å²) in [6.45, 7) is 4.47. The zero-order valence-electron chi connectivity index (χ0n) is 9.97. The molecule has 2 aromatic rings. The molecule has 0 saturated carbocycles. The molecule has 90 valence electrons. The van der Waals surface area contributed by atoms with Crippen LogP contribution in [-0.4, -0.2) is 9.97 Å². The van der Waals surface area contributed by atoms with E-state index in [0.717, 1.165) is 22.8 Å². The molecule has 2 N–H and O–H groups in total. The average molecular weight is 250 g/mol. The van der Waals surface area contributed by atoms with Crippen LogP contribution in [0.2, 0.25) is 0 Å². The number of benzene rings is 1. The van der Waals surface area contributed by atoms with E-state index in [9.17, 15) is 0 Å². The minimum atomic E-state index is 0. The summed E-state index contributed by atoms with van der Waals surface area (Å²) < 4.78 is 0. The molecule has 0 atom stereocenters. The minimum Gasteiger partial charge on any atom is -0.325 e. The third-order valence-electron chi connectivity index (χ3n) is 2.50. The van der Waals surface area contributed by atoms with E-state index in [1.54, 1.807) is 0 Å². The van der Waals surface area contributed by atoms with E-state index in [1.165, 1.54) is 5.56 Å². The normalized spacial score (nSPS) is 9.82. The summed E-state index contributed by atoms with van der Waals surface area (Å²) in [5.41, 5.74) is 9.69. The van der Waals surface area contributed by atoms with Gasteiger partial charge in [0.15, 0.2) is 5.82 Å². The summed E-state index contributed by atoms with van der Waals surface area (Å²) in [6.07, 6.45) is 0. The van der Waals surface area contributed by atoms with E-state index in [4.69, 9.17) is 5.73 Å². The molecule has 0 fully saturated rings. The first-order chi connectivity index (χ1) is 7.70. The zero-order chi connectivity index (χ0) is 11.5. The molecule has 17 heavy (non-hydrogen) atoms. The van der Waals surface area contributed by atoms with Crippen molar-refractivity contribution >= 4 is 12.4 Å². The van der Waals surface area contributed by atoms with Gasteiger partial charge in [-0.15, -0.1) is 12.4 Å². The maximum absolute atomic E-state index is 5.61. The molecule has 4 heteroatoms. The monoisotopic (exact) mass is 249 g/mol. The SMILES string of the molecule is Cc1cc(CN)nc(-c2ccccc2C)n1.Cl. The van der Waals surface area contributed by atoms with Gasteiger partial charge >= 0.3 is 0 Å². The summed E-state index contributed by atoms with van der Waals surface area (Å²) in [5.74, 6) is 0.763. The lowest BCUT2D eigenvalue weighted by Gasteiger charge is -2.06. The lowest BCUT2D eigenvalue weighted by Crippen LogP contribution is -2.03. The van der Waals surface area contributed by atoms with Crippen molar-refractivity contribution in [2.75, 3.05) is 0 Å². The van der Waals surface area contributed by atoms with E-state index in [0.29, 0.717) is 6.54 Å². The Kier molecular flexibility index (Phi) is 4.61. The zero-order valence-corrected chi connectivity index (χ0v) is 10.8. The number of hydrogen-bond acceptors (Lipinski definition) is 3. The van der Waals surface area contributed by atoms with Crippen LogP contribution in [0.3, 0.4) is 0 Å². The molecule has 0 radical (unpaired) electrons. The Morgan fingerprint density at radius 1 is 1.12 bits per heavy atom. The summed E-state index contributed by atoms with van der Waals surface area (Å²) in [5, 5.41) is 0. The van der Waals surface area contributed by atoms with Gasteiger partial charge < -0.3 is 5.73 Å². The number of aromatic nitrogens is 2. The molecular formula is C13H16ClN3. The Morgan fingerprint density at radius 2 is 1.82 bits per heavy atom. The average Bonchev–Trinajstić information content (AvgIpc) is 2.28. The molecule has 2 rings (SSSR count). The summed E-state index contributed by atoms with van der Waals surface area (Å²) in [6, 6.07) is 10.0. The Balaban J connectivity index is 0.00000144. The van der Waals surface area contributed by atoms with Gasteiger partial charge in [-0.3, -0.25) is 0 Å².